The highest BCUT2D eigenvalue weighted by Crippen LogP contribution is 2.50. The fourth-order valence-electron chi connectivity index (χ4n) is 5.44. The van der Waals surface area contributed by atoms with Crippen molar-refractivity contribution in [2.45, 2.75) is 38.1 Å². The Kier molecular flexibility index (Phi) is 3.67. The smallest absolute Gasteiger partial charge is 0.302 e. The topological polar surface area (TPSA) is 84.5 Å². The quantitative estimate of drug-likeness (QED) is 0.837. The number of aromatic nitrogens is 2. The van der Waals surface area contributed by atoms with Crippen molar-refractivity contribution in [3.8, 4) is 5.88 Å². The summed E-state index contributed by atoms with van der Waals surface area (Å²) < 4.78 is 10.6. The molecule has 4 atom stereocenters. The summed E-state index contributed by atoms with van der Waals surface area (Å²) in [6, 6.07) is 3.89. The average Bonchev–Trinajstić information content (AvgIpc) is 2.99. The number of hydrogen-bond acceptors (Lipinski definition) is 5. The first-order valence-electron chi connectivity index (χ1n) is 9.53. The van der Waals surface area contributed by atoms with Gasteiger partial charge in [-0.05, 0) is 24.8 Å². The van der Waals surface area contributed by atoms with Crippen molar-refractivity contribution in [3.05, 3.63) is 23.4 Å². The van der Waals surface area contributed by atoms with Crippen LogP contribution in [0.25, 0.3) is 11.0 Å². The Bertz CT molecular complexity index is 937. The second-order valence-corrected chi connectivity index (χ2v) is 7.99. The number of aromatic amines is 1. The standard InChI is InChI=1S/C20H23N3O4/c1-10(24)27-9-12-5-11-6-14-18-13(7-17(25)23(8-11)20(12)14)19-15(21-18)3-4-16(22-19)26-2/h3-4,11-12,14,20-21H,5-9H2,1-2H3. The number of amides is 1. The molecule has 5 heterocycles. The molecule has 2 saturated heterocycles. The summed E-state index contributed by atoms with van der Waals surface area (Å²) in [4.78, 5) is 34.6. The lowest BCUT2D eigenvalue weighted by atomic mass is 9.66. The molecule has 0 radical (unpaired) electrons. The van der Waals surface area contributed by atoms with Crippen molar-refractivity contribution in [1.82, 2.24) is 14.9 Å². The third kappa shape index (κ3) is 2.51. The number of carbonyl (C=O) groups is 2. The maximum Gasteiger partial charge on any atom is 0.302 e. The van der Waals surface area contributed by atoms with Crippen LogP contribution in [0.2, 0.25) is 0 Å². The lowest BCUT2D eigenvalue weighted by Gasteiger charge is -2.52. The van der Waals surface area contributed by atoms with E-state index in [-0.39, 0.29) is 29.8 Å². The van der Waals surface area contributed by atoms with Crippen LogP contribution in [0.3, 0.4) is 0 Å². The number of piperidine rings is 2. The highest BCUT2D eigenvalue weighted by molar-refractivity contribution is 5.89. The number of ether oxygens (including phenoxy) is 2. The largest absolute Gasteiger partial charge is 0.481 e. The summed E-state index contributed by atoms with van der Waals surface area (Å²) in [7, 11) is 1.60. The minimum atomic E-state index is -0.261. The number of rotatable bonds is 3. The zero-order valence-electron chi connectivity index (χ0n) is 15.5. The molecule has 7 nitrogen and oxygen atoms in total. The van der Waals surface area contributed by atoms with Crippen LogP contribution in [-0.2, 0) is 20.7 Å². The van der Waals surface area contributed by atoms with Crippen LogP contribution in [-0.4, -0.2) is 53.0 Å². The number of fused-ring (bicyclic) bond motifs is 4. The number of carbonyl (C=O) groups excluding carboxylic acids is 2. The Balaban J connectivity index is 1.60. The molecule has 0 spiro atoms. The van der Waals surface area contributed by atoms with Crippen molar-refractivity contribution in [1.29, 1.82) is 0 Å². The van der Waals surface area contributed by atoms with Crippen LogP contribution < -0.4 is 4.74 Å². The van der Waals surface area contributed by atoms with Gasteiger partial charge in [0.2, 0.25) is 11.8 Å². The van der Waals surface area contributed by atoms with Crippen molar-refractivity contribution >= 4 is 22.9 Å². The van der Waals surface area contributed by atoms with Gasteiger partial charge in [0.1, 0.15) is 0 Å². The van der Waals surface area contributed by atoms with Gasteiger partial charge in [-0.1, -0.05) is 0 Å². The lowest BCUT2D eigenvalue weighted by molar-refractivity contribution is -0.150. The van der Waals surface area contributed by atoms with E-state index in [9.17, 15) is 9.59 Å². The molecule has 1 saturated carbocycles. The van der Waals surface area contributed by atoms with Crippen LogP contribution in [0.4, 0.5) is 0 Å². The molecule has 4 bridgehead atoms. The zero-order chi connectivity index (χ0) is 18.7. The van der Waals surface area contributed by atoms with Crippen LogP contribution in [0.1, 0.15) is 36.9 Å². The Morgan fingerprint density at radius 3 is 3.00 bits per heavy atom. The number of esters is 1. The van der Waals surface area contributed by atoms with Crippen molar-refractivity contribution in [2.24, 2.45) is 11.8 Å². The molecular formula is C20H23N3O4. The van der Waals surface area contributed by atoms with Crippen molar-refractivity contribution < 1.29 is 19.1 Å². The number of H-pyrrole nitrogens is 1. The third-order valence-corrected chi connectivity index (χ3v) is 6.41. The molecule has 0 aromatic carbocycles. The van der Waals surface area contributed by atoms with Gasteiger partial charge < -0.3 is 19.4 Å². The molecule has 4 unspecified atom stereocenters. The summed E-state index contributed by atoms with van der Waals surface area (Å²) in [6.07, 6.45) is 2.43. The van der Waals surface area contributed by atoms with E-state index in [0.29, 0.717) is 24.8 Å². The van der Waals surface area contributed by atoms with Crippen LogP contribution in [0, 0.1) is 11.8 Å². The molecule has 2 aromatic heterocycles. The van der Waals surface area contributed by atoms with Gasteiger partial charge in [0, 0.05) is 48.7 Å². The maximum absolute atomic E-state index is 13.1. The Morgan fingerprint density at radius 2 is 2.22 bits per heavy atom. The predicted octanol–water partition coefficient (Wildman–Crippen LogP) is 2.01. The van der Waals surface area contributed by atoms with Crippen LogP contribution >= 0.6 is 0 Å². The number of hydrogen-bond donors (Lipinski definition) is 1. The van der Waals surface area contributed by atoms with Gasteiger partial charge in [-0.3, -0.25) is 9.59 Å². The van der Waals surface area contributed by atoms with E-state index in [1.807, 2.05) is 17.0 Å². The molecular weight excluding hydrogens is 346 g/mol. The van der Waals surface area contributed by atoms with E-state index in [2.05, 4.69) is 9.97 Å². The van der Waals surface area contributed by atoms with Crippen LogP contribution in [0.5, 0.6) is 5.88 Å². The molecule has 6 rings (SSSR count). The number of nitrogens with zero attached hydrogens (tertiary/aromatic N) is 2. The fraction of sp³-hybridized carbons (Fsp3) is 0.550. The van der Waals surface area contributed by atoms with Gasteiger partial charge in [-0.25, -0.2) is 4.98 Å². The van der Waals surface area contributed by atoms with Gasteiger partial charge in [0.25, 0.3) is 0 Å². The molecule has 142 valence electrons. The molecule has 7 heteroatoms. The van der Waals surface area contributed by atoms with Crippen LogP contribution in [0.15, 0.2) is 12.1 Å². The average molecular weight is 369 g/mol. The van der Waals surface area contributed by atoms with E-state index in [4.69, 9.17) is 9.47 Å². The minimum Gasteiger partial charge on any atom is -0.481 e. The van der Waals surface area contributed by atoms with E-state index in [1.165, 1.54) is 6.92 Å². The van der Waals surface area contributed by atoms with Crippen molar-refractivity contribution in [2.75, 3.05) is 20.3 Å². The molecule has 27 heavy (non-hydrogen) atoms. The summed E-state index contributed by atoms with van der Waals surface area (Å²) in [5, 5.41) is 0. The first-order valence-corrected chi connectivity index (χ1v) is 9.53. The molecule has 1 amide bonds. The number of nitrogens with one attached hydrogen (secondary N) is 1. The minimum absolute atomic E-state index is 0.0815. The van der Waals surface area contributed by atoms with E-state index >= 15 is 0 Å². The molecule has 3 fully saturated rings. The second-order valence-electron chi connectivity index (χ2n) is 7.99. The highest BCUT2D eigenvalue weighted by Gasteiger charge is 2.51. The summed E-state index contributed by atoms with van der Waals surface area (Å²) in [5.74, 6) is 1.31. The Labute approximate surface area is 157 Å². The molecule has 1 aliphatic carbocycles. The fourth-order valence-corrected chi connectivity index (χ4v) is 5.44. The van der Waals surface area contributed by atoms with E-state index in [1.54, 1.807) is 7.11 Å². The van der Waals surface area contributed by atoms with E-state index < -0.39 is 0 Å². The van der Waals surface area contributed by atoms with Gasteiger partial charge >= 0.3 is 5.97 Å². The molecule has 3 aliphatic heterocycles. The monoisotopic (exact) mass is 369 g/mol. The predicted molar refractivity (Wildman–Crippen MR) is 97.4 cm³/mol. The molecule has 2 aromatic rings. The SMILES string of the molecule is COc1ccc2[nH]c3c(c2n1)CC(=O)N1CC2CC(COC(C)=O)C1C3C2. The summed E-state index contributed by atoms with van der Waals surface area (Å²) in [6.45, 7) is 2.64. The normalized spacial score (nSPS) is 28.8. The Morgan fingerprint density at radius 1 is 1.37 bits per heavy atom. The maximum atomic E-state index is 13.1. The molecule has 4 aliphatic rings. The van der Waals surface area contributed by atoms with Crippen molar-refractivity contribution in [3.63, 3.8) is 0 Å². The lowest BCUT2D eigenvalue weighted by Crippen LogP contribution is -2.59. The zero-order valence-corrected chi connectivity index (χ0v) is 15.5. The van der Waals surface area contributed by atoms with Gasteiger partial charge in [0.15, 0.2) is 0 Å². The molecule has 1 N–H and O–H groups in total. The Hall–Kier alpha value is -2.57. The van der Waals surface area contributed by atoms with Gasteiger partial charge in [-0.15, -0.1) is 0 Å². The van der Waals surface area contributed by atoms with Gasteiger partial charge in [-0.2, -0.15) is 0 Å². The second kappa shape index (κ2) is 5.97. The van der Waals surface area contributed by atoms with Gasteiger partial charge in [0.05, 0.1) is 31.2 Å². The van der Waals surface area contributed by atoms with E-state index in [0.717, 1.165) is 41.7 Å². The summed E-state index contributed by atoms with van der Waals surface area (Å²) in [5.41, 5.74) is 3.91. The number of methoxy groups -OCH3 is 1. The first-order chi connectivity index (χ1) is 13.0. The first kappa shape index (κ1) is 16.6. The highest BCUT2D eigenvalue weighted by atomic mass is 16.5. The number of pyridine rings is 1. The summed E-state index contributed by atoms with van der Waals surface area (Å²) >= 11 is 0. The third-order valence-electron chi connectivity index (χ3n) is 6.41.